The average Bonchev–Trinajstić information content (AvgIpc) is 3.19. The maximum absolute atomic E-state index is 12.4. The largest absolute Gasteiger partial charge is 0.489 e. The first-order valence-electron chi connectivity index (χ1n) is 9.79. The number of carbonyl (C=O) groups excluding carboxylic acids is 1. The highest BCUT2D eigenvalue weighted by Crippen LogP contribution is 2.31. The zero-order chi connectivity index (χ0) is 20.0. The van der Waals surface area contributed by atoms with Crippen LogP contribution in [0.1, 0.15) is 39.2 Å². The van der Waals surface area contributed by atoms with E-state index >= 15 is 0 Å². The van der Waals surface area contributed by atoms with Crippen molar-refractivity contribution in [1.29, 1.82) is 0 Å². The molecule has 1 aliphatic rings. The molecule has 1 unspecified atom stereocenters. The van der Waals surface area contributed by atoms with E-state index in [2.05, 4.69) is 26.1 Å². The minimum Gasteiger partial charge on any atom is -0.489 e. The van der Waals surface area contributed by atoms with Gasteiger partial charge in [0, 0.05) is 6.61 Å². The first-order chi connectivity index (χ1) is 13.4. The minimum absolute atomic E-state index is 0.0597. The number of carbonyl (C=O) groups is 1. The fraction of sp³-hybridized carbons (Fsp3) is 0.435. The molecule has 3 rings (SSSR count). The van der Waals surface area contributed by atoms with Crippen molar-refractivity contribution in [2.75, 3.05) is 25.1 Å². The average molecular weight is 383 g/mol. The summed E-state index contributed by atoms with van der Waals surface area (Å²) in [5.74, 6) is 1.14. The zero-order valence-corrected chi connectivity index (χ0v) is 16.9. The van der Waals surface area contributed by atoms with Crippen LogP contribution in [0.5, 0.6) is 11.5 Å². The summed E-state index contributed by atoms with van der Waals surface area (Å²) >= 11 is 0. The summed E-state index contributed by atoms with van der Waals surface area (Å²) in [5, 5.41) is 2.88. The van der Waals surface area contributed by atoms with E-state index in [-0.39, 0.29) is 24.0 Å². The van der Waals surface area contributed by atoms with E-state index in [0.717, 1.165) is 30.8 Å². The van der Waals surface area contributed by atoms with Crippen LogP contribution in [-0.2, 0) is 14.9 Å². The molecule has 2 aromatic rings. The van der Waals surface area contributed by atoms with E-state index in [4.69, 9.17) is 14.2 Å². The van der Waals surface area contributed by atoms with Crippen molar-refractivity contribution < 1.29 is 19.0 Å². The van der Waals surface area contributed by atoms with Crippen LogP contribution in [0.2, 0.25) is 0 Å². The molecule has 0 radical (unpaired) electrons. The van der Waals surface area contributed by atoms with Gasteiger partial charge in [-0.05, 0) is 42.0 Å². The fourth-order valence-electron chi connectivity index (χ4n) is 3.20. The Balaban J connectivity index is 1.58. The van der Waals surface area contributed by atoms with Crippen LogP contribution >= 0.6 is 0 Å². The van der Waals surface area contributed by atoms with Gasteiger partial charge in [0.15, 0.2) is 6.61 Å². The first-order valence-corrected chi connectivity index (χ1v) is 9.79. The van der Waals surface area contributed by atoms with Crippen LogP contribution in [0.4, 0.5) is 5.69 Å². The SMILES string of the molecule is CC(C)(C)c1ccccc1OCC(=O)Nc1ccccc1OCC1CCCO1. The van der Waals surface area contributed by atoms with Gasteiger partial charge in [-0.25, -0.2) is 0 Å². The number of hydrogen-bond acceptors (Lipinski definition) is 4. The molecule has 1 saturated heterocycles. The standard InChI is InChI=1S/C23H29NO4/c1-23(2,3)18-10-4-6-12-20(18)28-16-22(25)24-19-11-5-7-13-21(19)27-15-17-9-8-14-26-17/h4-7,10-13,17H,8-9,14-16H2,1-3H3,(H,24,25). The van der Waals surface area contributed by atoms with E-state index in [1.807, 2.05) is 48.5 Å². The van der Waals surface area contributed by atoms with Gasteiger partial charge in [-0.2, -0.15) is 0 Å². The molecule has 150 valence electrons. The van der Waals surface area contributed by atoms with Crippen molar-refractivity contribution in [2.24, 2.45) is 0 Å². The number of benzene rings is 2. The molecule has 0 aromatic heterocycles. The molecule has 0 spiro atoms. The van der Waals surface area contributed by atoms with Gasteiger partial charge in [-0.3, -0.25) is 4.79 Å². The summed E-state index contributed by atoms with van der Waals surface area (Å²) in [6.07, 6.45) is 2.20. The van der Waals surface area contributed by atoms with Crippen molar-refractivity contribution in [3.63, 3.8) is 0 Å². The van der Waals surface area contributed by atoms with E-state index in [1.54, 1.807) is 0 Å². The van der Waals surface area contributed by atoms with E-state index in [1.165, 1.54) is 0 Å². The van der Waals surface area contributed by atoms with Crippen LogP contribution in [0.25, 0.3) is 0 Å². The predicted octanol–water partition coefficient (Wildman–Crippen LogP) is 4.56. The smallest absolute Gasteiger partial charge is 0.262 e. The molecule has 1 N–H and O–H groups in total. The molecule has 1 heterocycles. The summed E-state index contributed by atoms with van der Waals surface area (Å²) in [5.41, 5.74) is 1.65. The molecule has 5 nitrogen and oxygen atoms in total. The van der Waals surface area contributed by atoms with Crippen LogP contribution in [0, 0.1) is 0 Å². The van der Waals surface area contributed by atoms with Crippen molar-refractivity contribution in [1.82, 2.24) is 0 Å². The number of anilines is 1. The molecule has 2 aromatic carbocycles. The first kappa shape index (κ1) is 20.2. The molecule has 1 aliphatic heterocycles. The molecule has 0 bridgehead atoms. The molecular weight excluding hydrogens is 354 g/mol. The Kier molecular flexibility index (Phi) is 6.57. The lowest BCUT2D eigenvalue weighted by Crippen LogP contribution is -2.23. The van der Waals surface area contributed by atoms with Crippen LogP contribution in [0.15, 0.2) is 48.5 Å². The van der Waals surface area contributed by atoms with Crippen molar-refractivity contribution in [2.45, 2.75) is 45.1 Å². The number of para-hydroxylation sites is 3. The maximum Gasteiger partial charge on any atom is 0.262 e. The number of nitrogens with one attached hydrogen (secondary N) is 1. The third-order valence-corrected chi connectivity index (χ3v) is 4.66. The Labute approximate surface area is 167 Å². The Hall–Kier alpha value is -2.53. The number of hydrogen-bond donors (Lipinski definition) is 1. The molecular formula is C23H29NO4. The molecule has 1 atom stereocenters. The third-order valence-electron chi connectivity index (χ3n) is 4.66. The lowest BCUT2D eigenvalue weighted by molar-refractivity contribution is -0.118. The van der Waals surface area contributed by atoms with Crippen LogP contribution in [-0.4, -0.2) is 31.8 Å². The van der Waals surface area contributed by atoms with Gasteiger partial charge in [0.25, 0.3) is 5.91 Å². The van der Waals surface area contributed by atoms with Crippen LogP contribution < -0.4 is 14.8 Å². The van der Waals surface area contributed by atoms with E-state index < -0.39 is 0 Å². The minimum atomic E-state index is -0.225. The van der Waals surface area contributed by atoms with E-state index in [9.17, 15) is 4.79 Å². The third kappa shape index (κ3) is 5.49. The van der Waals surface area contributed by atoms with Crippen molar-refractivity contribution >= 4 is 11.6 Å². The summed E-state index contributed by atoms with van der Waals surface area (Å²) in [6.45, 7) is 7.58. The molecule has 1 amide bonds. The topological polar surface area (TPSA) is 56.8 Å². The summed E-state index contributed by atoms with van der Waals surface area (Å²) in [4.78, 5) is 12.4. The maximum atomic E-state index is 12.4. The summed E-state index contributed by atoms with van der Waals surface area (Å²) < 4.78 is 17.3. The van der Waals surface area contributed by atoms with Gasteiger partial charge in [0.05, 0.1) is 11.8 Å². The lowest BCUT2D eigenvalue weighted by atomic mass is 9.86. The second-order valence-corrected chi connectivity index (χ2v) is 8.03. The Morgan fingerprint density at radius 2 is 1.79 bits per heavy atom. The summed E-state index contributed by atoms with van der Waals surface area (Å²) in [6, 6.07) is 15.2. The normalized spacial score (nSPS) is 16.6. The summed E-state index contributed by atoms with van der Waals surface area (Å²) in [7, 11) is 0. The second-order valence-electron chi connectivity index (χ2n) is 8.03. The highest BCUT2D eigenvalue weighted by atomic mass is 16.5. The monoisotopic (exact) mass is 383 g/mol. The lowest BCUT2D eigenvalue weighted by Gasteiger charge is -2.22. The molecule has 28 heavy (non-hydrogen) atoms. The number of ether oxygens (including phenoxy) is 3. The predicted molar refractivity (Wildman–Crippen MR) is 110 cm³/mol. The van der Waals surface area contributed by atoms with Gasteiger partial charge in [0.2, 0.25) is 0 Å². The molecule has 0 saturated carbocycles. The Morgan fingerprint density at radius 3 is 2.50 bits per heavy atom. The highest BCUT2D eigenvalue weighted by molar-refractivity contribution is 5.93. The zero-order valence-electron chi connectivity index (χ0n) is 16.9. The van der Waals surface area contributed by atoms with Gasteiger partial charge < -0.3 is 19.5 Å². The van der Waals surface area contributed by atoms with E-state index in [0.29, 0.717) is 18.0 Å². The van der Waals surface area contributed by atoms with Gasteiger partial charge in [-0.15, -0.1) is 0 Å². The number of amides is 1. The molecule has 0 aliphatic carbocycles. The number of rotatable bonds is 7. The highest BCUT2D eigenvalue weighted by Gasteiger charge is 2.20. The van der Waals surface area contributed by atoms with Crippen molar-refractivity contribution in [3.8, 4) is 11.5 Å². The quantitative estimate of drug-likeness (QED) is 0.761. The van der Waals surface area contributed by atoms with Crippen LogP contribution in [0.3, 0.4) is 0 Å². The second kappa shape index (κ2) is 9.11. The van der Waals surface area contributed by atoms with Gasteiger partial charge in [-0.1, -0.05) is 51.1 Å². The van der Waals surface area contributed by atoms with Crippen molar-refractivity contribution in [3.05, 3.63) is 54.1 Å². The fourth-order valence-corrected chi connectivity index (χ4v) is 3.20. The Bertz CT molecular complexity index is 791. The Morgan fingerprint density at radius 1 is 1.07 bits per heavy atom. The van der Waals surface area contributed by atoms with Gasteiger partial charge >= 0.3 is 0 Å². The molecule has 5 heteroatoms. The van der Waals surface area contributed by atoms with Gasteiger partial charge in [0.1, 0.15) is 18.1 Å². The molecule has 1 fully saturated rings.